The highest BCUT2D eigenvalue weighted by Crippen LogP contribution is 2.38. The van der Waals surface area contributed by atoms with Crippen LogP contribution in [-0.4, -0.2) is 5.24 Å². The molecule has 0 radical (unpaired) electrons. The van der Waals surface area contributed by atoms with Crippen LogP contribution in [0.4, 0.5) is 3.89 Å². The van der Waals surface area contributed by atoms with Crippen molar-refractivity contribution in [2.24, 2.45) is 0 Å². The van der Waals surface area contributed by atoms with Gasteiger partial charge in [-0.25, -0.2) is 0 Å². The fraction of sp³-hybridized carbons (Fsp3) is 0.182. The summed E-state index contributed by atoms with van der Waals surface area (Å²) in [6.07, 6.45) is 3.03. The summed E-state index contributed by atoms with van der Waals surface area (Å²) in [5.74, 6) is 0. The Hall–Kier alpha value is -0.580. The number of hydrogen-bond donors (Lipinski definition) is 0. The van der Waals surface area contributed by atoms with Crippen LogP contribution < -0.4 is 0 Å². The molecule has 5 heteroatoms. The van der Waals surface area contributed by atoms with Gasteiger partial charge in [0, 0.05) is 10.4 Å². The molecule has 0 aromatic carbocycles. The van der Waals surface area contributed by atoms with Crippen molar-refractivity contribution in [3.05, 3.63) is 28.5 Å². The predicted molar refractivity (Wildman–Crippen MR) is 73.0 cm³/mol. The lowest BCUT2D eigenvalue weighted by atomic mass is 10.2. The molecule has 0 aliphatic heterocycles. The molecule has 88 valence electrons. The van der Waals surface area contributed by atoms with E-state index in [1.807, 2.05) is 13.8 Å². The van der Waals surface area contributed by atoms with E-state index in [1.54, 1.807) is 6.08 Å². The van der Waals surface area contributed by atoms with Gasteiger partial charge in [-0.3, -0.25) is 4.79 Å². The maximum absolute atomic E-state index is 12.6. The Balaban J connectivity index is 0.00000106. The Bertz CT molecular complexity index is 399. The number of halogens is 2. The smallest absolute Gasteiger partial charge is 0.263 e. The van der Waals surface area contributed by atoms with E-state index in [0.717, 1.165) is 11.3 Å². The van der Waals surface area contributed by atoms with Crippen molar-refractivity contribution in [1.82, 2.24) is 0 Å². The first kappa shape index (κ1) is 15.4. The third-order valence-corrected chi connectivity index (χ3v) is 3.78. The summed E-state index contributed by atoms with van der Waals surface area (Å²) >= 11 is 6.42. The first-order valence-electron chi connectivity index (χ1n) is 4.55. The van der Waals surface area contributed by atoms with Crippen LogP contribution in [0.25, 0.3) is 12.2 Å². The van der Waals surface area contributed by atoms with Crippen LogP contribution in [0.15, 0.2) is 18.1 Å². The van der Waals surface area contributed by atoms with Crippen LogP contribution >= 0.6 is 35.1 Å². The zero-order valence-corrected chi connectivity index (χ0v) is 11.4. The molecule has 0 spiro atoms. The van der Waals surface area contributed by atoms with Crippen LogP contribution in [0.5, 0.6) is 0 Å². The van der Waals surface area contributed by atoms with Gasteiger partial charge in [0.25, 0.3) is 5.24 Å². The van der Waals surface area contributed by atoms with E-state index >= 15 is 0 Å². The molecular formula is C11H12ClFOS2. The zero-order valence-electron chi connectivity index (χ0n) is 9.05. The molecular weight excluding hydrogens is 267 g/mol. The molecule has 1 nitrogen and oxygen atoms in total. The fourth-order valence-corrected chi connectivity index (χ4v) is 2.87. The Kier molecular flexibility index (Phi) is 7.38. The average molecular weight is 279 g/mol. The van der Waals surface area contributed by atoms with Crippen molar-refractivity contribution in [2.75, 3.05) is 0 Å². The summed E-state index contributed by atoms with van der Waals surface area (Å²) in [5, 5.41) is -0.661. The Morgan fingerprint density at radius 1 is 1.44 bits per heavy atom. The summed E-state index contributed by atoms with van der Waals surface area (Å²) < 4.78 is 12.6. The molecule has 0 aliphatic rings. The molecule has 0 N–H and O–H groups in total. The first-order chi connectivity index (χ1) is 7.65. The fourth-order valence-electron chi connectivity index (χ4n) is 0.996. The molecule has 0 saturated carbocycles. The minimum Gasteiger partial charge on any atom is -0.275 e. The van der Waals surface area contributed by atoms with Gasteiger partial charge in [0.15, 0.2) is 0 Å². The topological polar surface area (TPSA) is 17.1 Å². The highest BCUT2D eigenvalue weighted by Gasteiger charge is 2.19. The molecule has 1 aromatic rings. The largest absolute Gasteiger partial charge is 0.275 e. The van der Waals surface area contributed by atoms with E-state index in [9.17, 15) is 8.68 Å². The normalized spacial score (nSPS) is 9.00. The maximum Gasteiger partial charge on any atom is 0.263 e. The van der Waals surface area contributed by atoms with Crippen molar-refractivity contribution < 1.29 is 8.68 Å². The lowest BCUT2D eigenvalue weighted by Gasteiger charge is -1.93. The lowest BCUT2D eigenvalue weighted by Crippen LogP contribution is -1.85. The highest BCUT2D eigenvalue weighted by atomic mass is 35.5. The van der Waals surface area contributed by atoms with Gasteiger partial charge in [-0.2, -0.15) is 3.89 Å². The molecule has 0 bridgehead atoms. The first-order valence-corrected chi connectivity index (χ1v) is 6.46. The maximum atomic E-state index is 12.6. The van der Waals surface area contributed by atoms with Crippen LogP contribution in [0.3, 0.4) is 0 Å². The second-order valence-corrected chi connectivity index (χ2v) is 4.26. The van der Waals surface area contributed by atoms with Crippen LogP contribution in [-0.2, 0) is 0 Å². The zero-order chi connectivity index (χ0) is 12.7. The van der Waals surface area contributed by atoms with Crippen molar-refractivity contribution in [1.29, 1.82) is 0 Å². The van der Waals surface area contributed by atoms with E-state index < -0.39 is 5.24 Å². The second-order valence-electron chi connectivity index (χ2n) is 2.30. The van der Waals surface area contributed by atoms with Gasteiger partial charge >= 0.3 is 0 Å². The highest BCUT2D eigenvalue weighted by molar-refractivity contribution is 7.94. The minimum absolute atomic E-state index is 0.00273. The summed E-state index contributed by atoms with van der Waals surface area (Å²) in [6, 6.07) is 0. The predicted octanol–water partition coefficient (Wildman–Crippen LogP) is 5.42. The Morgan fingerprint density at radius 3 is 2.31 bits per heavy atom. The van der Waals surface area contributed by atoms with Crippen molar-refractivity contribution >= 4 is 52.5 Å². The van der Waals surface area contributed by atoms with Gasteiger partial charge in [-0.15, -0.1) is 11.3 Å². The van der Waals surface area contributed by atoms with E-state index in [4.69, 9.17) is 11.6 Å². The summed E-state index contributed by atoms with van der Waals surface area (Å²) in [4.78, 5) is 12.1. The van der Waals surface area contributed by atoms with E-state index in [1.165, 1.54) is 6.08 Å². The Morgan fingerprint density at radius 2 is 2.00 bits per heavy atom. The molecule has 0 amide bonds. The lowest BCUT2D eigenvalue weighted by molar-refractivity contribution is 0.108. The molecule has 16 heavy (non-hydrogen) atoms. The number of carbonyl (C=O) groups excluding carboxylic acids is 1. The van der Waals surface area contributed by atoms with Gasteiger partial charge in [-0.1, -0.05) is 39.2 Å². The molecule has 0 unspecified atom stereocenters. The van der Waals surface area contributed by atoms with Crippen molar-refractivity contribution in [2.45, 2.75) is 18.7 Å². The molecule has 0 aliphatic carbocycles. The minimum atomic E-state index is -0.661. The molecule has 0 atom stereocenters. The summed E-state index contributed by atoms with van der Waals surface area (Å²) in [6.45, 7) is 11.1. The summed E-state index contributed by atoms with van der Waals surface area (Å²) in [5.41, 5.74) is 0.571. The van der Waals surface area contributed by atoms with Gasteiger partial charge in [0.2, 0.25) is 0 Å². The number of hydrogen-bond acceptors (Lipinski definition) is 3. The van der Waals surface area contributed by atoms with Crippen molar-refractivity contribution in [3.63, 3.8) is 0 Å². The van der Waals surface area contributed by atoms with Gasteiger partial charge < -0.3 is 0 Å². The van der Waals surface area contributed by atoms with Crippen LogP contribution in [0.2, 0.25) is 0 Å². The van der Waals surface area contributed by atoms with Gasteiger partial charge in [0.05, 0.1) is 17.0 Å². The van der Waals surface area contributed by atoms with Crippen LogP contribution in [0.1, 0.15) is 34.0 Å². The monoisotopic (exact) mass is 278 g/mol. The Labute approximate surface area is 108 Å². The third-order valence-electron chi connectivity index (χ3n) is 1.57. The number of thiophene rings is 1. The summed E-state index contributed by atoms with van der Waals surface area (Å²) in [7, 11) is 0. The second kappa shape index (κ2) is 7.65. The SMILES string of the molecule is C=Cc1sc(C(=O)Cl)c(SF)c1C=C.CC. The average Bonchev–Trinajstić information content (AvgIpc) is 2.69. The molecule has 1 rings (SSSR count). The standard InChI is InChI=1S/C9H6ClFOS2.C2H6/c1-3-5-6(4-2)13-8(9(10)12)7(5)14-11;1-2/h3-4H,1-2H2;1-2H3. The van der Waals surface area contributed by atoms with Crippen LogP contribution in [0, 0.1) is 0 Å². The van der Waals surface area contributed by atoms with Gasteiger partial charge in [0.1, 0.15) is 4.88 Å². The number of rotatable bonds is 4. The van der Waals surface area contributed by atoms with Gasteiger partial charge in [-0.05, 0) is 11.6 Å². The number of carbonyl (C=O) groups is 1. The molecule has 0 saturated heterocycles. The molecule has 1 heterocycles. The van der Waals surface area contributed by atoms with Crippen molar-refractivity contribution in [3.8, 4) is 0 Å². The van der Waals surface area contributed by atoms with E-state index in [-0.39, 0.29) is 21.9 Å². The third kappa shape index (κ3) is 3.20. The molecule has 1 aromatic heterocycles. The van der Waals surface area contributed by atoms with E-state index in [2.05, 4.69) is 13.2 Å². The van der Waals surface area contributed by atoms with E-state index in [0.29, 0.717) is 10.4 Å². The quantitative estimate of drug-likeness (QED) is 0.685. The molecule has 0 fully saturated rings.